The first-order valence-corrected chi connectivity index (χ1v) is 9.66. The second kappa shape index (κ2) is 7.63. The van der Waals surface area contributed by atoms with Crippen molar-refractivity contribution in [2.75, 3.05) is 20.1 Å². The minimum atomic E-state index is -0.372. The summed E-state index contributed by atoms with van der Waals surface area (Å²) in [6, 6.07) is 7.65. The number of carbonyl (C=O) groups excluding carboxylic acids is 1. The molecule has 0 aliphatic carbocycles. The second-order valence-corrected chi connectivity index (χ2v) is 7.17. The van der Waals surface area contributed by atoms with Gasteiger partial charge >= 0.3 is 5.76 Å². The molecule has 4 heterocycles. The van der Waals surface area contributed by atoms with Crippen molar-refractivity contribution in [2.24, 2.45) is 7.05 Å². The van der Waals surface area contributed by atoms with Crippen LogP contribution in [-0.2, 0) is 13.6 Å². The third kappa shape index (κ3) is 3.24. The lowest BCUT2D eigenvalue weighted by molar-refractivity contribution is 0.0952. The van der Waals surface area contributed by atoms with E-state index in [4.69, 9.17) is 4.42 Å². The predicted molar refractivity (Wildman–Crippen MR) is 105 cm³/mol. The van der Waals surface area contributed by atoms with Crippen LogP contribution in [0.15, 0.2) is 39.7 Å². The van der Waals surface area contributed by atoms with Crippen molar-refractivity contribution in [3.05, 3.63) is 52.4 Å². The van der Waals surface area contributed by atoms with E-state index in [-0.39, 0.29) is 17.7 Å². The molecule has 0 radical (unpaired) electrons. The first-order chi connectivity index (χ1) is 13.6. The molecule has 1 fully saturated rings. The fraction of sp³-hybridized carbons (Fsp3) is 0.450. The number of oxazole rings is 1. The summed E-state index contributed by atoms with van der Waals surface area (Å²) >= 11 is 0. The first kappa shape index (κ1) is 18.5. The lowest BCUT2D eigenvalue weighted by Crippen LogP contribution is -2.37. The van der Waals surface area contributed by atoms with E-state index in [9.17, 15) is 9.59 Å². The highest BCUT2D eigenvalue weighted by Crippen LogP contribution is 2.31. The lowest BCUT2D eigenvalue weighted by atomic mass is 9.99. The Morgan fingerprint density at radius 1 is 1.29 bits per heavy atom. The van der Waals surface area contributed by atoms with Crippen molar-refractivity contribution in [1.82, 2.24) is 24.3 Å². The van der Waals surface area contributed by atoms with Gasteiger partial charge in [0.1, 0.15) is 5.69 Å². The number of hydrogen-bond acceptors (Lipinski definition) is 5. The molecule has 28 heavy (non-hydrogen) atoms. The predicted octanol–water partition coefficient (Wildman–Crippen LogP) is 1.91. The molecule has 0 unspecified atom stereocenters. The normalized spacial score (nSPS) is 17.9. The Bertz CT molecular complexity index is 1050. The van der Waals surface area contributed by atoms with Gasteiger partial charge in [-0.15, -0.1) is 0 Å². The van der Waals surface area contributed by atoms with Gasteiger partial charge < -0.3 is 14.3 Å². The van der Waals surface area contributed by atoms with Crippen molar-refractivity contribution < 1.29 is 9.21 Å². The van der Waals surface area contributed by atoms with Crippen molar-refractivity contribution >= 4 is 17.1 Å². The summed E-state index contributed by atoms with van der Waals surface area (Å²) in [5, 5.41) is 2.69. The fourth-order valence-electron chi connectivity index (χ4n) is 4.14. The van der Waals surface area contributed by atoms with Crippen molar-refractivity contribution in [3.63, 3.8) is 0 Å². The van der Waals surface area contributed by atoms with Crippen LogP contribution in [-0.4, -0.2) is 45.1 Å². The van der Waals surface area contributed by atoms with Gasteiger partial charge in [0.2, 0.25) is 0 Å². The number of aromatic nitrogens is 3. The van der Waals surface area contributed by atoms with E-state index in [0.29, 0.717) is 23.5 Å². The van der Waals surface area contributed by atoms with Gasteiger partial charge in [-0.2, -0.15) is 0 Å². The fourth-order valence-corrected chi connectivity index (χ4v) is 4.14. The Labute approximate surface area is 162 Å². The van der Waals surface area contributed by atoms with Crippen LogP contribution in [0.2, 0.25) is 0 Å². The van der Waals surface area contributed by atoms with E-state index in [0.717, 1.165) is 38.0 Å². The molecule has 0 saturated carbocycles. The highest BCUT2D eigenvalue weighted by atomic mass is 16.4. The zero-order valence-electron chi connectivity index (χ0n) is 16.2. The highest BCUT2D eigenvalue weighted by Gasteiger charge is 2.27. The lowest BCUT2D eigenvalue weighted by Gasteiger charge is -2.36. The third-order valence-corrected chi connectivity index (χ3v) is 5.61. The molecule has 1 N–H and O–H groups in total. The Hall–Kier alpha value is -2.87. The standard InChI is InChI=1S/C20H25N5O3/c1-21-19(26)16-9-8-14(23(16)2)15-6-3-4-11-24(15)12-13-25-18-17(28-20(25)27)7-5-10-22-18/h5,7-10,15H,3-4,6,11-13H2,1-2H3,(H,21,26)/t15-/m1/s1. The molecule has 3 aromatic rings. The molecule has 1 aliphatic heterocycles. The van der Waals surface area contributed by atoms with E-state index in [2.05, 4.69) is 15.2 Å². The number of rotatable bonds is 5. The summed E-state index contributed by atoms with van der Waals surface area (Å²) in [5.41, 5.74) is 2.88. The summed E-state index contributed by atoms with van der Waals surface area (Å²) in [6.07, 6.45) is 4.98. The maximum Gasteiger partial charge on any atom is 0.421 e. The quantitative estimate of drug-likeness (QED) is 0.728. The van der Waals surface area contributed by atoms with Gasteiger partial charge in [0, 0.05) is 39.1 Å². The summed E-state index contributed by atoms with van der Waals surface area (Å²) in [7, 11) is 3.58. The van der Waals surface area contributed by atoms with E-state index in [1.54, 1.807) is 29.9 Å². The number of carbonyl (C=O) groups is 1. The summed E-state index contributed by atoms with van der Waals surface area (Å²) in [4.78, 5) is 31.0. The Morgan fingerprint density at radius 2 is 2.14 bits per heavy atom. The third-order valence-electron chi connectivity index (χ3n) is 5.61. The Balaban J connectivity index is 1.56. The smallest absolute Gasteiger partial charge is 0.406 e. The van der Waals surface area contributed by atoms with Gasteiger partial charge in [-0.1, -0.05) is 6.42 Å². The summed E-state index contributed by atoms with van der Waals surface area (Å²) in [5.74, 6) is -0.457. The Kier molecular flexibility index (Phi) is 5.04. The van der Waals surface area contributed by atoms with Crippen LogP contribution < -0.4 is 11.1 Å². The Morgan fingerprint density at radius 3 is 2.96 bits per heavy atom. The van der Waals surface area contributed by atoms with E-state index in [1.165, 1.54) is 0 Å². The molecule has 3 aromatic heterocycles. The minimum Gasteiger partial charge on any atom is -0.406 e. The van der Waals surface area contributed by atoms with Gasteiger partial charge in [0.25, 0.3) is 5.91 Å². The minimum absolute atomic E-state index is 0.0846. The number of nitrogens with one attached hydrogen (secondary N) is 1. The number of nitrogens with zero attached hydrogens (tertiary/aromatic N) is 4. The van der Waals surface area contributed by atoms with E-state index < -0.39 is 0 Å². The molecule has 1 amide bonds. The molecule has 0 spiro atoms. The van der Waals surface area contributed by atoms with Gasteiger partial charge in [-0.3, -0.25) is 14.3 Å². The maximum absolute atomic E-state index is 12.2. The highest BCUT2D eigenvalue weighted by molar-refractivity contribution is 5.92. The average Bonchev–Trinajstić information content (AvgIpc) is 3.25. The molecule has 4 rings (SSSR count). The molecule has 1 aliphatic rings. The van der Waals surface area contributed by atoms with Crippen molar-refractivity contribution in [1.29, 1.82) is 0 Å². The van der Waals surface area contributed by atoms with Gasteiger partial charge in [0.15, 0.2) is 11.2 Å². The van der Waals surface area contributed by atoms with E-state index >= 15 is 0 Å². The molecule has 1 saturated heterocycles. The monoisotopic (exact) mass is 383 g/mol. The molecule has 0 aromatic carbocycles. The van der Waals surface area contributed by atoms with Crippen LogP contribution in [0.3, 0.4) is 0 Å². The first-order valence-electron chi connectivity index (χ1n) is 9.66. The van der Waals surface area contributed by atoms with E-state index in [1.807, 2.05) is 23.7 Å². The topological polar surface area (TPSA) is 85.3 Å². The second-order valence-electron chi connectivity index (χ2n) is 7.17. The van der Waals surface area contributed by atoms with Gasteiger partial charge in [0.05, 0.1) is 6.04 Å². The largest absolute Gasteiger partial charge is 0.421 e. The molecule has 8 heteroatoms. The molecular weight excluding hydrogens is 358 g/mol. The number of fused-ring (bicyclic) bond motifs is 1. The molecule has 0 bridgehead atoms. The number of piperidine rings is 1. The van der Waals surface area contributed by atoms with Crippen LogP contribution in [0.1, 0.15) is 41.5 Å². The molecule has 1 atom stereocenters. The summed E-state index contributed by atoms with van der Waals surface area (Å²) < 4.78 is 8.86. The molecule has 8 nitrogen and oxygen atoms in total. The zero-order valence-corrected chi connectivity index (χ0v) is 16.2. The van der Waals surface area contributed by atoms with Crippen molar-refractivity contribution in [2.45, 2.75) is 31.8 Å². The molecular formula is C20H25N5O3. The number of amides is 1. The van der Waals surface area contributed by atoms with Crippen LogP contribution in [0.25, 0.3) is 11.2 Å². The van der Waals surface area contributed by atoms with Crippen molar-refractivity contribution in [3.8, 4) is 0 Å². The van der Waals surface area contributed by atoms with Crippen LogP contribution in [0.4, 0.5) is 0 Å². The van der Waals surface area contributed by atoms with Crippen LogP contribution >= 0.6 is 0 Å². The average molecular weight is 383 g/mol. The maximum atomic E-state index is 12.2. The summed E-state index contributed by atoms with van der Waals surface area (Å²) in [6.45, 7) is 2.20. The number of hydrogen-bond donors (Lipinski definition) is 1. The zero-order chi connectivity index (χ0) is 19.7. The number of likely N-dealkylation sites (tertiary alicyclic amines) is 1. The number of pyridine rings is 1. The van der Waals surface area contributed by atoms with Crippen LogP contribution in [0.5, 0.6) is 0 Å². The molecule has 148 valence electrons. The van der Waals surface area contributed by atoms with Crippen LogP contribution in [0, 0.1) is 0 Å². The van der Waals surface area contributed by atoms with Gasteiger partial charge in [-0.25, -0.2) is 9.78 Å². The van der Waals surface area contributed by atoms with Gasteiger partial charge in [-0.05, 0) is 43.7 Å². The SMILES string of the molecule is CNC(=O)c1ccc([C@H]2CCCCN2CCn2c(=O)oc3cccnc32)n1C.